The summed E-state index contributed by atoms with van der Waals surface area (Å²) >= 11 is 6.06. The highest BCUT2D eigenvalue weighted by Gasteiger charge is 2.47. The van der Waals surface area contributed by atoms with E-state index in [2.05, 4.69) is 9.89 Å². The number of pyridine rings is 1. The quantitative estimate of drug-likeness (QED) is 0.669. The molecular weight excluding hydrogens is 442 g/mol. The van der Waals surface area contributed by atoms with E-state index in [0.29, 0.717) is 48.4 Å². The van der Waals surface area contributed by atoms with Crippen LogP contribution in [0.5, 0.6) is 0 Å². The van der Waals surface area contributed by atoms with Crippen LogP contribution in [0.4, 0.5) is 16.2 Å². The number of carbonyl (C=O) groups excluding carboxylic acids is 2. The predicted molar refractivity (Wildman–Crippen MR) is 127 cm³/mol. The molecule has 3 amide bonds. The number of amides is 3. The molecule has 5 rings (SSSR count). The topological polar surface area (TPSA) is 78.3 Å². The van der Waals surface area contributed by atoms with Gasteiger partial charge in [0.1, 0.15) is 11.7 Å². The van der Waals surface area contributed by atoms with E-state index in [9.17, 15) is 9.59 Å². The number of urea groups is 1. The van der Waals surface area contributed by atoms with Crippen molar-refractivity contribution >= 4 is 40.7 Å². The number of halogens is 1. The molecule has 0 N–H and O–H groups in total. The summed E-state index contributed by atoms with van der Waals surface area (Å²) in [6, 6.07) is 8.53. The number of nitrogens with zero attached hydrogens (tertiary/aromatic N) is 5. The fourth-order valence-corrected chi connectivity index (χ4v) is 4.63. The first-order valence-corrected chi connectivity index (χ1v) is 11.6. The number of amidine groups is 1. The maximum Gasteiger partial charge on any atom is 0.331 e. The summed E-state index contributed by atoms with van der Waals surface area (Å²) in [6.07, 6.45) is 2.34. The number of morpholine rings is 1. The number of aliphatic imine (C=N–C) groups is 1. The van der Waals surface area contributed by atoms with E-state index in [1.807, 2.05) is 44.2 Å². The van der Waals surface area contributed by atoms with Gasteiger partial charge in [0.05, 0.1) is 37.3 Å². The lowest BCUT2D eigenvalue weighted by atomic mass is 10.0. The van der Waals surface area contributed by atoms with Crippen LogP contribution in [0.1, 0.15) is 31.5 Å². The molecular formula is C24H26ClN5O3. The molecule has 172 valence electrons. The Balaban J connectivity index is 1.58. The van der Waals surface area contributed by atoms with Gasteiger partial charge in [0, 0.05) is 18.1 Å². The molecule has 0 bridgehead atoms. The number of hydrogen-bond acceptors (Lipinski definition) is 5. The van der Waals surface area contributed by atoms with Gasteiger partial charge in [0.25, 0.3) is 5.91 Å². The number of benzene rings is 1. The summed E-state index contributed by atoms with van der Waals surface area (Å²) in [5.74, 6) is 0.306. The lowest BCUT2D eigenvalue weighted by Crippen LogP contribution is -2.54. The molecule has 1 aromatic heterocycles. The zero-order valence-corrected chi connectivity index (χ0v) is 19.5. The van der Waals surface area contributed by atoms with Crippen molar-refractivity contribution in [2.24, 2.45) is 10.9 Å². The first kappa shape index (κ1) is 21.9. The lowest BCUT2D eigenvalue weighted by Gasteiger charge is -2.38. The van der Waals surface area contributed by atoms with Crippen molar-refractivity contribution in [3.8, 4) is 0 Å². The molecule has 1 unspecified atom stereocenters. The number of rotatable bonds is 5. The highest BCUT2D eigenvalue weighted by molar-refractivity contribution is 6.30. The third kappa shape index (κ3) is 4.09. The Bertz CT molecular complexity index is 1110. The fourth-order valence-electron chi connectivity index (χ4n) is 4.51. The molecule has 0 saturated carbocycles. The summed E-state index contributed by atoms with van der Waals surface area (Å²) in [6.45, 7) is 7.22. The highest BCUT2D eigenvalue weighted by Crippen LogP contribution is 2.37. The zero-order valence-electron chi connectivity index (χ0n) is 18.7. The van der Waals surface area contributed by atoms with Crippen molar-refractivity contribution in [1.82, 2.24) is 9.88 Å². The maximum absolute atomic E-state index is 13.8. The van der Waals surface area contributed by atoms with Crippen LogP contribution in [0.2, 0.25) is 5.02 Å². The molecule has 1 aromatic carbocycles. The van der Waals surface area contributed by atoms with Crippen LogP contribution in [-0.4, -0.2) is 60.0 Å². The Labute approximate surface area is 197 Å². The van der Waals surface area contributed by atoms with Gasteiger partial charge in [-0.2, -0.15) is 4.99 Å². The second-order valence-electron chi connectivity index (χ2n) is 8.94. The summed E-state index contributed by atoms with van der Waals surface area (Å²) in [5, 5.41) is 0.636. The third-order valence-corrected chi connectivity index (χ3v) is 6.41. The number of ether oxygens (including phenoxy) is 1. The van der Waals surface area contributed by atoms with Crippen molar-refractivity contribution < 1.29 is 14.3 Å². The van der Waals surface area contributed by atoms with Crippen LogP contribution in [-0.2, 0) is 16.1 Å². The summed E-state index contributed by atoms with van der Waals surface area (Å²) in [5.41, 5.74) is 3.07. The lowest BCUT2D eigenvalue weighted by molar-refractivity contribution is -0.120. The molecule has 1 saturated heterocycles. The number of fused-ring (bicyclic) bond motifs is 3. The van der Waals surface area contributed by atoms with Gasteiger partial charge in [-0.05, 0) is 36.1 Å². The van der Waals surface area contributed by atoms with E-state index < -0.39 is 6.04 Å². The normalized spacial score (nSPS) is 20.3. The molecule has 0 aliphatic carbocycles. The standard InChI is InChI=1S/C24H26ClN5O3/c1-15(2)11-20-23(31)27-22-21-19(12-18(13-26-21)28-7-9-33-10-8-28)29(24(32)30(20)22)14-16-3-5-17(25)6-4-16/h3-6,12-13,15,20H,7-11,14H2,1-2H3. The van der Waals surface area contributed by atoms with Crippen molar-refractivity contribution in [2.75, 3.05) is 36.1 Å². The minimum Gasteiger partial charge on any atom is -0.378 e. The van der Waals surface area contributed by atoms with Crippen LogP contribution in [0.25, 0.3) is 0 Å². The molecule has 0 spiro atoms. The molecule has 0 radical (unpaired) electrons. The summed E-state index contributed by atoms with van der Waals surface area (Å²) in [7, 11) is 0. The van der Waals surface area contributed by atoms with Gasteiger partial charge < -0.3 is 9.64 Å². The summed E-state index contributed by atoms with van der Waals surface area (Å²) < 4.78 is 5.47. The highest BCUT2D eigenvalue weighted by atomic mass is 35.5. The monoisotopic (exact) mass is 467 g/mol. The number of hydrogen-bond donors (Lipinski definition) is 0. The smallest absolute Gasteiger partial charge is 0.331 e. The van der Waals surface area contributed by atoms with Gasteiger partial charge in [0.15, 0.2) is 5.84 Å². The van der Waals surface area contributed by atoms with Crippen molar-refractivity contribution in [2.45, 2.75) is 32.9 Å². The fraction of sp³-hybridized carbons (Fsp3) is 0.417. The molecule has 3 aliphatic heterocycles. The largest absolute Gasteiger partial charge is 0.378 e. The van der Waals surface area contributed by atoms with Gasteiger partial charge in [-0.3, -0.25) is 14.6 Å². The second kappa shape index (κ2) is 8.76. The Kier molecular flexibility index (Phi) is 5.80. The van der Waals surface area contributed by atoms with Crippen molar-refractivity contribution in [3.63, 3.8) is 0 Å². The molecule has 33 heavy (non-hydrogen) atoms. The van der Waals surface area contributed by atoms with Crippen LogP contribution < -0.4 is 9.80 Å². The first-order valence-electron chi connectivity index (χ1n) is 11.2. The van der Waals surface area contributed by atoms with Gasteiger partial charge in [-0.25, -0.2) is 9.78 Å². The first-order chi connectivity index (χ1) is 15.9. The maximum atomic E-state index is 13.8. The van der Waals surface area contributed by atoms with Gasteiger partial charge >= 0.3 is 6.03 Å². The minimum absolute atomic E-state index is 0.240. The van der Waals surface area contributed by atoms with Gasteiger partial charge in [0.2, 0.25) is 0 Å². The van der Waals surface area contributed by atoms with E-state index >= 15 is 0 Å². The van der Waals surface area contributed by atoms with E-state index in [0.717, 1.165) is 24.3 Å². The molecule has 4 heterocycles. The Morgan fingerprint density at radius 3 is 2.58 bits per heavy atom. The Hall–Kier alpha value is -2.97. The van der Waals surface area contributed by atoms with Gasteiger partial charge in [-0.15, -0.1) is 0 Å². The van der Waals surface area contributed by atoms with Gasteiger partial charge in [-0.1, -0.05) is 37.6 Å². The minimum atomic E-state index is -0.603. The summed E-state index contributed by atoms with van der Waals surface area (Å²) in [4.78, 5) is 41.0. The van der Waals surface area contributed by atoms with Crippen LogP contribution in [0.3, 0.4) is 0 Å². The Morgan fingerprint density at radius 1 is 1.15 bits per heavy atom. The number of aromatic nitrogens is 1. The van der Waals surface area contributed by atoms with E-state index in [-0.39, 0.29) is 17.9 Å². The Morgan fingerprint density at radius 2 is 1.88 bits per heavy atom. The molecule has 9 heteroatoms. The SMILES string of the molecule is CC(C)CC1C(=O)N=C2c3ncc(N4CCOCC4)cc3N(Cc3ccc(Cl)cc3)C(=O)N21. The average Bonchev–Trinajstić information content (AvgIpc) is 3.13. The van der Waals surface area contributed by atoms with E-state index in [1.165, 1.54) is 4.90 Å². The molecule has 8 nitrogen and oxygen atoms in total. The van der Waals surface area contributed by atoms with Crippen LogP contribution >= 0.6 is 11.6 Å². The molecule has 3 aliphatic rings. The van der Waals surface area contributed by atoms with Crippen molar-refractivity contribution in [1.29, 1.82) is 0 Å². The number of carbonyl (C=O) groups is 2. The van der Waals surface area contributed by atoms with Crippen LogP contribution in [0.15, 0.2) is 41.5 Å². The predicted octanol–water partition coefficient (Wildman–Crippen LogP) is 3.72. The second-order valence-corrected chi connectivity index (χ2v) is 9.38. The van der Waals surface area contributed by atoms with Crippen LogP contribution in [0, 0.1) is 5.92 Å². The van der Waals surface area contributed by atoms with Crippen molar-refractivity contribution in [3.05, 3.63) is 52.8 Å². The molecule has 2 aromatic rings. The zero-order chi connectivity index (χ0) is 23.1. The third-order valence-electron chi connectivity index (χ3n) is 6.16. The average molecular weight is 468 g/mol. The molecule has 1 fully saturated rings. The van der Waals surface area contributed by atoms with E-state index in [4.69, 9.17) is 21.3 Å². The molecule has 1 atom stereocenters. The number of anilines is 2. The van der Waals surface area contributed by atoms with E-state index in [1.54, 1.807) is 11.1 Å².